The van der Waals surface area contributed by atoms with E-state index in [1.54, 1.807) is 24.3 Å². The van der Waals surface area contributed by atoms with Crippen LogP contribution in [0.25, 0.3) is 0 Å². The van der Waals surface area contributed by atoms with Gasteiger partial charge in [-0.1, -0.05) is 11.6 Å². The summed E-state index contributed by atoms with van der Waals surface area (Å²) in [6.07, 6.45) is 0. The van der Waals surface area contributed by atoms with Gasteiger partial charge in [-0.15, -0.1) is 0 Å². The molecular weight excluding hydrogens is 338 g/mol. The molecule has 27 heavy (non-hydrogen) atoms. The van der Waals surface area contributed by atoms with Crippen molar-refractivity contribution in [3.8, 4) is 11.5 Å². The number of hydrogen-bond donors (Lipinski definition) is 2. The zero-order chi connectivity index (χ0) is 19.6. The third-order valence-corrected chi connectivity index (χ3v) is 4.28. The summed E-state index contributed by atoms with van der Waals surface area (Å²) in [5, 5.41) is 0. The van der Waals surface area contributed by atoms with Gasteiger partial charge in [0.05, 0.1) is 11.3 Å². The summed E-state index contributed by atoms with van der Waals surface area (Å²) in [4.78, 5) is 15.1. The third kappa shape index (κ3) is 4.03. The van der Waals surface area contributed by atoms with Gasteiger partial charge in [0.15, 0.2) is 5.78 Å². The molecule has 3 rings (SSSR count). The van der Waals surface area contributed by atoms with Gasteiger partial charge in [0, 0.05) is 31.0 Å². The summed E-state index contributed by atoms with van der Waals surface area (Å²) in [5.41, 5.74) is 15.8. The molecular formula is C22H23N3O2. The minimum absolute atomic E-state index is 0.104. The molecule has 0 fully saturated rings. The molecule has 5 heteroatoms. The SMILES string of the molecule is Cc1ccc(Oc2ccc(N)cc2N)c(C(=O)c2ccc(N(C)C)cc2)c1. The van der Waals surface area contributed by atoms with Crippen LogP contribution in [0.4, 0.5) is 17.1 Å². The fourth-order valence-corrected chi connectivity index (χ4v) is 2.76. The topological polar surface area (TPSA) is 81.6 Å². The quantitative estimate of drug-likeness (QED) is 0.524. The van der Waals surface area contributed by atoms with E-state index in [-0.39, 0.29) is 5.78 Å². The standard InChI is InChI=1S/C22H23N3O2/c1-14-4-10-20(27-21-11-7-16(23)13-19(21)24)18(12-14)22(26)15-5-8-17(9-6-15)25(2)3/h4-13H,23-24H2,1-3H3. The molecule has 0 aliphatic heterocycles. The molecule has 0 unspecified atom stereocenters. The average Bonchev–Trinajstić information content (AvgIpc) is 2.64. The zero-order valence-corrected chi connectivity index (χ0v) is 15.7. The number of benzene rings is 3. The van der Waals surface area contributed by atoms with Crippen LogP contribution < -0.4 is 21.1 Å². The van der Waals surface area contributed by atoms with Crippen LogP contribution in [0.1, 0.15) is 21.5 Å². The first kappa shape index (κ1) is 18.3. The van der Waals surface area contributed by atoms with E-state index in [1.807, 2.05) is 62.3 Å². The van der Waals surface area contributed by atoms with E-state index in [2.05, 4.69) is 0 Å². The number of nitrogens with two attached hydrogens (primary N) is 2. The van der Waals surface area contributed by atoms with Crippen LogP contribution >= 0.6 is 0 Å². The summed E-state index contributed by atoms with van der Waals surface area (Å²) in [5.74, 6) is 0.817. The molecule has 138 valence electrons. The number of ketones is 1. The van der Waals surface area contributed by atoms with Crippen molar-refractivity contribution in [2.24, 2.45) is 0 Å². The van der Waals surface area contributed by atoms with Crippen molar-refractivity contribution in [2.75, 3.05) is 30.5 Å². The largest absolute Gasteiger partial charge is 0.454 e. The van der Waals surface area contributed by atoms with Gasteiger partial charge in [-0.2, -0.15) is 0 Å². The third-order valence-electron chi connectivity index (χ3n) is 4.28. The summed E-state index contributed by atoms with van der Waals surface area (Å²) in [6, 6.07) is 18.0. The van der Waals surface area contributed by atoms with Gasteiger partial charge in [0.25, 0.3) is 0 Å². The maximum atomic E-state index is 13.1. The van der Waals surface area contributed by atoms with Gasteiger partial charge in [-0.25, -0.2) is 0 Å². The number of nitrogens with zero attached hydrogens (tertiary/aromatic N) is 1. The lowest BCUT2D eigenvalue weighted by atomic mass is 10.00. The van der Waals surface area contributed by atoms with E-state index in [4.69, 9.17) is 16.2 Å². The maximum Gasteiger partial charge on any atom is 0.196 e. The Morgan fingerprint density at radius 3 is 2.19 bits per heavy atom. The number of anilines is 3. The summed E-state index contributed by atoms with van der Waals surface area (Å²) >= 11 is 0. The highest BCUT2D eigenvalue weighted by Crippen LogP contribution is 2.32. The Hall–Kier alpha value is -3.47. The first-order valence-corrected chi connectivity index (χ1v) is 8.61. The number of hydrogen-bond acceptors (Lipinski definition) is 5. The van der Waals surface area contributed by atoms with Gasteiger partial charge < -0.3 is 21.1 Å². The number of rotatable bonds is 5. The van der Waals surface area contributed by atoms with Gasteiger partial charge in [0.1, 0.15) is 11.5 Å². The normalized spacial score (nSPS) is 10.5. The fraction of sp³-hybridized carbons (Fsp3) is 0.136. The summed E-state index contributed by atoms with van der Waals surface area (Å²) < 4.78 is 5.95. The van der Waals surface area contributed by atoms with Crippen LogP contribution in [0, 0.1) is 6.92 Å². The molecule has 0 aliphatic rings. The number of nitrogen functional groups attached to an aromatic ring is 2. The van der Waals surface area contributed by atoms with Gasteiger partial charge in [0.2, 0.25) is 0 Å². The minimum atomic E-state index is -0.104. The molecule has 3 aromatic rings. The fourth-order valence-electron chi connectivity index (χ4n) is 2.76. The highest BCUT2D eigenvalue weighted by atomic mass is 16.5. The molecule has 0 bridgehead atoms. The van der Waals surface area contributed by atoms with E-state index < -0.39 is 0 Å². The monoisotopic (exact) mass is 361 g/mol. The van der Waals surface area contributed by atoms with Crippen molar-refractivity contribution in [1.29, 1.82) is 0 Å². The average molecular weight is 361 g/mol. The molecule has 5 nitrogen and oxygen atoms in total. The lowest BCUT2D eigenvalue weighted by molar-refractivity contribution is 0.103. The molecule has 0 saturated heterocycles. The maximum absolute atomic E-state index is 13.1. The molecule has 0 aromatic heterocycles. The zero-order valence-electron chi connectivity index (χ0n) is 15.7. The van der Waals surface area contributed by atoms with Gasteiger partial charge in [-0.3, -0.25) is 4.79 Å². The van der Waals surface area contributed by atoms with Crippen LogP contribution in [-0.4, -0.2) is 19.9 Å². The van der Waals surface area contributed by atoms with E-state index in [9.17, 15) is 4.79 Å². The number of carbonyl (C=O) groups is 1. The highest BCUT2D eigenvalue weighted by molar-refractivity contribution is 6.11. The molecule has 0 saturated carbocycles. The van der Waals surface area contributed by atoms with Crippen LogP contribution in [0.15, 0.2) is 60.7 Å². The van der Waals surface area contributed by atoms with Gasteiger partial charge in [-0.05, 0) is 61.5 Å². The Morgan fingerprint density at radius 1 is 0.889 bits per heavy atom. The van der Waals surface area contributed by atoms with Gasteiger partial charge >= 0.3 is 0 Å². The smallest absolute Gasteiger partial charge is 0.196 e. The van der Waals surface area contributed by atoms with E-state index >= 15 is 0 Å². The Kier molecular flexibility index (Phi) is 5.03. The van der Waals surface area contributed by atoms with E-state index in [1.165, 1.54) is 0 Å². The van der Waals surface area contributed by atoms with Crippen molar-refractivity contribution < 1.29 is 9.53 Å². The van der Waals surface area contributed by atoms with Crippen LogP contribution in [-0.2, 0) is 0 Å². The van der Waals surface area contributed by atoms with E-state index in [0.717, 1.165) is 11.3 Å². The number of carbonyl (C=O) groups excluding carboxylic acids is 1. The molecule has 0 amide bonds. The van der Waals surface area contributed by atoms with Crippen LogP contribution in [0.5, 0.6) is 11.5 Å². The second kappa shape index (κ2) is 7.41. The lowest BCUT2D eigenvalue weighted by Crippen LogP contribution is -2.09. The van der Waals surface area contributed by atoms with Crippen molar-refractivity contribution in [1.82, 2.24) is 0 Å². The molecule has 0 radical (unpaired) electrons. The molecule has 0 atom stereocenters. The second-order valence-electron chi connectivity index (χ2n) is 6.67. The Labute approximate surface area is 159 Å². The lowest BCUT2D eigenvalue weighted by Gasteiger charge is -2.15. The Morgan fingerprint density at radius 2 is 1.56 bits per heavy atom. The Bertz CT molecular complexity index is 979. The minimum Gasteiger partial charge on any atom is -0.454 e. The van der Waals surface area contributed by atoms with Crippen LogP contribution in [0.2, 0.25) is 0 Å². The first-order chi connectivity index (χ1) is 12.8. The van der Waals surface area contributed by atoms with Crippen molar-refractivity contribution in [2.45, 2.75) is 6.92 Å². The predicted molar refractivity (Wildman–Crippen MR) is 111 cm³/mol. The molecule has 4 N–H and O–H groups in total. The van der Waals surface area contributed by atoms with E-state index in [0.29, 0.717) is 34.0 Å². The number of aryl methyl sites for hydroxylation is 1. The van der Waals surface area contributed by atoms with Crippen LogP contribution in [0.3, 0.4) is 0 Å². The van der Waals surface area contributed by atoms with Crippen molar-refractivity contribution in [3.05, 3.63) is 77.4 Å². The molecule has 3 aromatic carbocycles. The molecule has 0 heterocycles. The first-order valence-electron chi connectivity index (χ1n) is 8.61. The Balaban J connectivity index is 1.97. The van der Waals surface area contributed by atoms with Crippen molar-refractivity contribution >= 4 is 22.8 Å². The summed E-state index contributed by atoms with van der Waals surface area (Å²) in [6.45, 7) is 1.94. The predicted octanol–water partition coefficient (Wildman–Crippen LogP) is 4.25. The summed E-state index contributed by atoms with van der Waals surface area (Å²) in [7, 11) is 3.92. The molecule has 0 aliphatic carbocycles. The van der Waals surface area contributed by atoms with Crippen molar-refractivity contribution in [3.63, 3.8) is 0 Å². The highest BCUT2D eigenvalue weighted by Gasteiger charge is 2.17. The second-order valence-corrected chi connectivity index (χ2v) is 6.67. The number of ether oxygens (including phenoxy) is 1. The molecule has 0 spiro atoms.